The number of rotatable bonds is 4. The highest BCUT2D eigenvalue weighted by Gasteiger charge is 2.07. The van der Waals surface area contributed by atoms with E-state index in [2.05, 4.69) is 0 Å². The minimum absolute atomic E-state index is 0.131. The fourth-order valence-electron chi connectivity index (χ4n) is 1.25. The molecule has 0 heterocycles. The van der Waals surface area contributed by atoms with Crippen molar-refractivity contribution in [2.24, 2.45) is 5.73 Å². The third kappa shape index (κ3) is 2.98. The van der Waals surface area contributed by atoms with Crippen LogP contribution in [0.5, 0.6) is 11.5 Å². The van der Waals surface area contributed by atoms with Crippen LogP contribution in [0.25, 0.3) is 6.08 Å². The normalized spacial score (nSPS) is 10.5. The van der Waals surface area contributed by atoms with E-state index in [1.165, 1.54) is 20.3 Å². The molecule has 0 fully saturated rings. The van der Waals surface area contributed by atoms with E-state index in [-0.39, 0.29) is 5.57 Å². The number of primary amides is 1. The lowest BCUT2D eigenvalue weighted by molar-refractivity contribution is -0.114. The number of carbonyl (C=O) groups excluding carboxylic acids is 1. The highest BCUT2D eigenvalue weighted by atomic mass is 16.5. The first-order chi connectivity index (χ1) is 8.12. The molecule has 0 aliphatic rings. The van der Waals surface area contributed by atoms with Gasteiger partial charge in [0.1, 0.15) is 23.1 Å². The summed E-state index contributed by atoms with van der Waals surface area (Å²) in [6.07, 6.45) is 1.38. The average Bonchev–Trinajstić information content (AvgIpc) is 2.35. The van der Waals surface area contributed by atoms with Crippen LogP contribution in [0.15, 0.2) is 23.8 Å². The Balaban J connectivity index is 3.23. The summed E-state index contributed by atoms with van der Waals surface area (Å²) in [5, 5.41) is 8.74. The van der Waals surface area contributed by atoms with Gasteiger partial charge in [-0.25, -0.2) is 0 Å². The molecule has 88 valence electrons. The minimum Gasteiger partial charge on any atom is -0.497 e. The molecular weight excluding hydrogens is 220 g/mol. The summed E-state index contributed by atoms with van der Waals surface area (Å²) in [6.45, 7) is 0. The van der Waals surface area contributed by atoms with Gasteiger partial charge in [-0.15, -0.1) is 0 Å². The molecule has 0 aliphatic heterocycles. The van der Waals surface area contributed by atoms with Gasteiger partial charge in [-0.1, -0.05) is 0 Å². The third-order valence-electron chi connectivity index (χ3n) is 2.13. The Morgan fingerprint density at radius 2 is 2.12 bits per heavy atom. The van der Waals surface area contributed by atoms with Crippen LogP contribution in [0, 0.1) is 11.3 Å². The van der Waals surface area contributed by atoms with Crippen molar-refractivity contribution < 1.29 is 14.3 Å². The molecule has 0 saturated heterocycles. The number of hydrogen-bond acceptors (Lipinski definition) is 4. The lowest BCUT2D eigenvalue weighted by atomic mass is 10.1. The van der Waals surface area contributed by atoms with Crippen LogP contribution in [0.2, 0.25) is 0 Å². The van der Waals surface area contributed by atoms with Crippen LogP contribution in [0.1, 0.15) is 5.56 Å². The van der Waals surface area contributed by atoms with Gasteiger partial charge in [-0.2, -0.15) is 5.26 Å². The molecule has 0 spiro atoms. The zero-order valence-electron chi connectivity index (χ0n) is 9.56. The van der Waals surface area contributed by atoms with E-state index in [0.717, 1.165) is 0 Å². The van der Waals surface area contributed by atoms with Crippen LogP contribution >= 0.6 is 0 Å². The second kappa shape index (κ2) is 5.56. The molecule has 0 aromatic heterocycles. The zero-order chi connectivity index (χ0) is 12.8. The number of nitrogens with zero attached hydrogens (tertiary/aromatic N) is 1. The Hall–Kier alpha value is -2.48. The maximum atomic E-state index is 10.9. The molecule has 0 aliphatic carbocycles. The Morgan fingerprint density at radius 3 is 2.59 bits per heavy atom. The monoisotopic (exact) mass is 232 g/mol. The fraction of sp³-hybridized carbons (Fsp3) is 0.167. The largest absolute Gasteiger partial charge is 0.497 e. The van der Waals surface area contributed by atoms with E-state index >= 15 is 0 Å². The third-order valence-corrected chi connectivity index (χ3v) is 2.13. The standard InChI is InChI=1S/C12H12N2O3/c1-16-10-4-3-8(11(6-10)17-2)5-9(7-13)12(14)15/h3-6H,1-2H3,(H2,14,15)/b9-5-. The summed E-state index contributed by atoms with van der Waals surface area (Å²) in [5.74, 6) is 0.348. The van der Waals surface area contributed by atoms with Crippen molar-refractivity contribution in [3.05, 3.63) is 29.3 Å². The molecule has 1 aromatic rings. The number of methoxy groups -OCH3 is 2. The highest BCUT2D eigenvalue weighted by molar-refractivity contribution is 6.00. The van der Waals surface area contributed by atoms with Crippen molar-refractivity contribution in [1.82, 2.24) is 0 Å². The molecule has 0 radical (unpaired) electrons. The Kier molecular flexibility index (Phi) is 4.12. The number of hydrogen-bond donors (Lipinski definition) is 1. The molecule has 1 rings (SSSR count). The molecule has 1 amide bonds. The van der Waals surface area contributed by atoms with Crippen molar-refractivity contribution in [2.75, 3.05) is 14.2 Å². The van der Waals surface area contributed by atoms with E-state index in [9.17, 15) is 4.79 Å². The van der Waals surface area contributed by atoms with Crippen LogP contribution in [0.3, 0.4) is 0 Å². The molecular formula is C12H12N2O3. The van der Waals surface area contributed by atoms with Crippen molar-refractivity contribution >= 4 is 12.0 Å². The summed E-state index contributed by atoms with van der Waals surface area (Å²) in [4.78, 5) is 10.9. The van der Waals surface area contributed by atoms with Gasteiger partial charge in [0.2, 0.25) is 0 Å². The Bertz CT molecular complexity index is 501. The Morgan fingerprint density at radius 1 is 1.41 bits per heavy atom. The molecule has 17 heavy (non-hydrogen) atoms. The van der Waals surface area contributed by atoms with Gasteiger partial charge in [0.15, 0.2) is 0 Å². The van der Waals surface area contributed by atoms with Gasteiger partial charge >= 0.3 is 0 Å². The minimum atomic E-state index is -0.773. The average molecular weight is 232 g/mol. The lowest BCUT2D eigenvalue weighted by Gasteiger charge is -2.07. The molecule has 0 atom stereocenters. The molecule has 0 unspecified atom stereocenters. The smallest absolute Gasteiger partial charge is 0.259 e. The summed E-state index contributed by atoms with van der Waals surface area (Å²) in [5.41, 5.74) is 5.50. The first kappa shape index (κ1) is 12.6. The van der Waals surface area contributed by atoms with Crippen LogP contribution < -0.4 is 15.2 Å². The molecule has 5 heteroatoms. The van der Waals surface area contributed by atoms with Gasteiger partial charge in [-0.3, -0.25) is 4.79 Å². The second-order valence-corrected chi connectivity index (χ2v) is 3.14. The topological polar surface area (TPSA) is 85.3 Å². The predicted octanol–water partition coefficient (Wildman–Crippen LogP) is 1.10. The van der Waals surface area contributed by atoms with Gasteiger partial charge in [0, 0.05) is 11.6 Å². The summed E-state index contributed by atoms with van der Waals surface area (Å²) in [6, 6.07) is 6.76. The van der Waals surface area contributed by atoms with Crippen LogP contribution in [-0.2, 0) is 4.79 Å². The SMILES string of the molecule is COc1ccc(/C=C(/C#N)C(N)=O)c(OC)c1. The van der Waals surface area contributed by atoms with Gasteiger partial charge in [0.25, 0.3) is 5.91 Å². The maximum Gasteiger partial charge on any atom is 0.259 e. The molecule has 5 nitrogen and oxygen atoms in total. The van der Waals surface area contributed by atoms with E-state index in [1.807, 2.05) is 0 Å². The number of ether oxygens (including phenoxy) is 2. The number of carbonyl (C=O) groups is 1. The van der Waals surface area contributed by atoms with Crippen molar-refractivity contribution in [3.63, 3.8) is 0 Å². The zero-order valence-corrected chi connectivity index (χ0v) is 9.56. The molecule has 0 bridgehead atoms. The van der Waals surface area contributed by atoms with E-state index < -0.39 is 5.91 Å². The predicted molar refractivity (Wildman–Crippen MR) is 62.3 cm³/mol. The number of nitrogens with two attached hydrogens (primary N) is 1. The number of amides is 1. The van der Waals surface area contributed by atoms with Gasteiger partial charge < -0.3 is 15.2 Å². The summed E-state index contributed by atoms with van der Waals surface area (Å²) >= 11 is 0. The van der Waals surface area contributed by atoms with Crippen molar-refractivity contribution in [2.45, 2.75) is 0 Å². The first-order valence-corrected chi connectivity index (χ1v) is 4.76. The maximum absolute atomic E-state index is 10.9. The summed E-state index contributed by atoms with van der Waals surface area (Å²) in [7, 11) is 3.02. The van der Waals surface area contributed by atoms with E-state index in [0.29, 0.717) is 17.1 Å². The molecule has 1 aromatic carbocycles. The first-order valence-electron chi connectivity index (χ1n) is 4.76. The quantitative estimate of drug-likeness (QED) is 0.622. The van der Waals surface area contributed by atoms with Crippen LogP contribution in [-0.4, -0.2) is 20.1 Å². The van der Waals surface area contributed by atoms with Crippen LogP contribution in [0.4, 0.5) is 0 Å². The molecule has 2 N–H and O–H groups in total. The van der Waals surface area contributed by atoms with Gasteiger partial charge in [-0.05, 0) is 18.2 Å². The summed E-state index contributed by atoms with van der Waals surface area (Å²) < 4.78 is 10.2. The van der Waals surface area contributed by atoms with Crippen molar-refractivity contribution in [3.8, 4) is 17.6 Å². The molecule has 0 saturated carbocycles. The van der Waals surface area contributed by atoms with E-state index in [4.69, 9.17) is 20.5 Å². The van der Waals surface area contributed by atoms with E-state index in [1.54, 1.807) is 24.3 Å². The fourth-order valence-corrected chi connectivity index (χ4v) is 1.25. The number of nitriles is 1. The van der Waals surface area contributed by atoms with Crippen molar-refractivity contribution in [1.29, 1.82) is 5.26 Å². The Labute approximate surface area is 99.1 Å². The highest BCUT2D eigenvalue weighted by Crippen LogP contribution is 2.26. The second-order valence-electron chi connectivity index (χ2n) is 3.14. The lowest BCUT2D eigenvalue weighted by Crippen LogP contribution is -2.12. The van der Waals surface area contributed by atoms with Gasteiger partial charge in [0.05, 0.1) is 14.2 Å². The number of benzene rings is 1.